The van der Waals surface area contributed by atoms with Gasteiger partial charge in [0.1, 0.15) is 42.0 Å². The third kappa shape index (κ3) is 19.0. The van der Waals surface area contributed by atoms with Gasteiger partial charge in [0.25, 0.3) is 0 Å². The van der Waals surface area contributed by atoms with Gasteiger partial charge in [0, 0.05) is 12.8 Å². The van der Waals surface area contributed by atoms with E-state index >= 15 is 0 Å². The number of carbonyl (C=O) groups excluding carboxylic acids is 7. The number of aromatic hydroxyl groups is 1. The van der Waals surface area contributed by atoms with Crippen LogP contribution in [-0.2, 0) is 54.4 Å². The molecule has 0 unspecified atom stereocenters. The highest BCUT2D eigenvalue weighted by Gasteiger charge is 2.35. The fourth-order valence-corrected chi connectivity index (χ4v) is 5.42. The van der Waals surface area contributed by atoms with E-state index in [2.05, 4.69) is 31.9 Å². The van der Waals surface area contributed by atoms with Gasteiger partial charge in [-0.2, -0.15) is 0 Å². The summed E-state index contributed by atoms with van der Waals surface area (Å²) in [6.45, 7) is 6.42. The van der Waals surface area contributed by atoms with E-state index in [1.54, 1.807) is 27.7 Å². The lowest BCUT2D eigenvalue weighted by molar-refractivity contribution is -0.143. The summed E-state index contributed by atoms with van der Waals surface area (Å²) in [6, 6.07) is -4.13. The summed E-state index contributed by atoms with van der Waals surface area (Å²) in [5.74, 6) is -12.2. The lowest BCUT2D eigenvalue weighted by Crippen LogP contribution is -2.60. The Kier molecular flexibility index (Phi) is 20.9. The minimum Gasteiger partial charge on any atom is -0.508 e. The summed E-state index contributed by atoms with van der Waals surface area (Å²) in [5, 5.41) is 51.6. The summed E-state index contributed by atoms with van der Waals surface area (Å²) in [6.07, 6.45) is -3.28. The number of amides is 7. The largest absolute Gasteiger partial charge is 0.508 e. The molecular weight excluding hydrogens is 768 g/mol. The third-order valence-corrected chi connectivity index (χ3v) is 8.20. The molecule has 0 fully saturated rings. The van der Waals surface area contributed by atoms with Crippen molar-refractivity contribution in [1.29, 1.82) is 0 Å². The van der Waals surface area contributed by atoms with E-state index in [1.807, 2.05) is 0 Å². The van der Waals surface area contributed by atoms with Gasteiger partial charge in [-0.1, -0.05) is 39.8 Å². The topological polar surface area (TPSA) is 376 Å². The summed E-state index contributed by atoms with van der Waals surface area (Å²) in [7, 11) is 0. The standard InChI is InChI=1S/C36H54N8O14/c1-17(2)11-22(39-28(47)16-37)31(52)42-24(13-19-5-7-20(45)8-6-19)33(54)44-26(15-30(50)51)35(56)43-25(14-27(38)46)34(55)41-23(12-18(3)4)32(53)40-21(36(57)58)9-10-29(48)49/h5-8,17-18,21-26,45H,9-16,37H2,1-4H3,(H2,38,46)(H,39,47)(H,40,53)(H,41,55)(H,42,52)(H,43,56)(H,44,54)(H,48,49)(H,50,51)(H,57,58)/t21-,22-,23-,24-,25-,26-/m0/s1. The van der Waals surface area contributed by atoms with Crippen LogP contribution in [0.3, 0.4) is 0 Å². The number of carboxylic acid groups (broad SMARTS) is 3. The van der Waals surface area contributed by atoms with Gasteiger partial charge in [0.05, 0.1) is 19.4 Å². The second-order valence-corrected chi connectivity index (χ2v) is 14.3. The molecule has 22 nitrogen and oxygen atoms in total. The van der Waals surface area contributed by atoms with E-state index in [1.165, 1.54) is 24.3 Å². The van der Waals surface area contributed by atoms with Crippen LogP contribution in [0.25, 0.3) is 0 Å². The van der Waals surface area contributed by atoms with Gasteiger partial charge >= 0.3 is 17.9 Å². The van der Waals surface area contributed by atoms with Gasteiger partial charge < -0.3 is 63.8 Å². The third-order valence-electron chi connectivity index (χ3n) is 8.20. The first kappa shape index (κ1) is 49.7. The Morgan fingerprint density at radius 2 is 0.983 bits per heavy atom. The summed E-state index contributed by atoms with van der Waals surface area (Å²) >= 11 is 0. The second-order valence-electron chi connectivity index (χ2n) is 14.3. The van der Waals surface area contributed by atoms with Gasteiger partial charge in [-0.3, -0.25) is 43.2 Å². The maximum Gasteiger partial charge on any atom is 0.326 e. The van der Waals surface area contributed by atoms with Crippen LogP contribution in [0.4, 0.5) is 0 Å². The molecule has 22 heteroatoms. The predicted molar refractivity (Wildman–Crippen MR) is 202 cm³/mol. The van der Waals surface area contributed by atoms with Gasteiger partial charge in [0.2, 0.25) is 41.4 Å². The molecule has 0 saturated heterocycles. The number of benzene rings is 1. The lowest BCUT2D eigenvalue weighted by Gasteiger charge is -2.27. The van der Waals surface area contributed by atoms with E-state index in [0.717, 1.165) is 0 Å². The fraction of sp³-hybridized carbons (Fsp3) is 0.556. The van der Waals surface area contributed by atoms with Gasteiger partial charge in [-0.15, -0.1) is 0 Å². The van der Waals surface area contributed by atoms with Crippen molar-refractivity contribution in [2.24, 2.45) is 23.3 Å². The van der Waals surface area contributed by atoms with Crippen molar-refractivity contribution in [2.45, 2.75) is 109 Å². The molecule has 0 radical (unpaired) electrons. The highest BCUT2D eigenvalue weighted by atomic mass is 16.4. The number of carbonyl (C=O) groups is 10. The van der Waals surface area contributed by atoms with Crippen LogP contribution in [0.15, 0.2) is 24.3 Å². The number of aliphatic carboxylic acids is 3. The molecule has 14 N–H and O–H groups in total. The van der Waals surface area contributed by atoms with Crippen LogP contribution in [0.2, 0.25) is 0 Å². The van der Waals surface area contributed by atoms with Crippen molar-refractivity contribution < 1.29 is 68.4 Å². The van der Waals surface area contributed by atoms with Crippen molar-refractivity contribution in [1.82, 2.24) is 31.9 Å². The van der Waals surface area contributed by atoms with Crippen molar-refractivity contribution in [2.75, 3.05) is 6.54 Å². The van der Waals surface area contributed by atoms with E-state index in [0.29, 0.717) is 5.56 Å². The number of nitrogens with one attached hydrogen (secondary N) is 6. The predicted octanol–water partition coefficient (Wildman–Crippen LogP) is -2.81. The van der Waals surface area contributed by atoms with Crippen LogP contribution >= 0.6 is 0 Å². The molecule has 1 aromatic carbocycles. The normalized spacial score (nSPS) is 14.1. The summed E-state index contributed by atoms with van der Waals surface area (Å²) < 4.78 is 0. The molecule has 1 rings (SSSR count). The van der Waals surface area contributed by atoms with E-state index in [4.69, 9.17) is 16.6 Å². The first-order chi connectivity index (χ1) is 27.0. The highest BCUT2D eigenvalue weighted by molar-refractivity contribution is 5.99. The van der Waals surface area contributed by atoms with E-state index in [9.17, 15) is 63.3 Å². The number of primary amides is 1. The van der Waals surface area contributed by atoms with Gasteiger partial charge in [-0.25, -0.2) is 4.79 Å². The van der Waals surface area contributed by atoms with Crippen LogP contribution < -0.4 is 43.4 Å². The SMILES string of the molecule is CC(C)C[C@H](NC(=O)CN)C(=O)N[C@@H](Cc1ccc(O)cc1)C(=O)N[C@@H](CC(=O)O)C(=O)N[C@@H](CC(N)=O)C(=O)N[C@@H](CC(C)C)C(=O)N[C@@H](CCC(=O)O)C(=O)O. The molecule has 322 valence electrons. The Morgan fingerprint density at radius 1 is 0.569 bits per heavy atom. The van der Waals surface area contributed by atoms with E-state index in [-0.39, 0.29) is 36.8 Å². The molecule has 58 heavy (non-hydrogen) atoms. The molecule has 6 atom stereocenters. The van der Waals surface area contributed by atoms with Crippen LogP contribution in [-0.4, -0.2) is 122 Å². The maximum atomic E-state index is 13.8. The Balaban J connectivity index is 3.44. The monoisotopic (exact) mass is 822 g/mol. The smallest absolute Gasteiger partial charge is 0.326 e. The molecular formula is C36H54N8O14. The van der Waals surface area contributed by atoms with Crippen molar-refractivity contribution in [3.05, 3.63) is 29.8 Å². The lowest BCUT2D eigenvalue weighted by atomic mass is 10.0. The van der Waals surface area contributed by atoms with Crippen molar-refractivity contribution in [3.63, 3.8) is 0 Å². The number of phenolic OH excluding ortho intramolecular Hbond substituents is 1. The first-order valence-corrected chi connectivity index (χ1v) is 18.3. The summed E-state index contributed by atoms with van der Waals surface area (Å²) in [4.78, 5) is 126. The quantitative estimate of drug-likeness (QED) is 0.0449. The van der Waals surface area contributed by atoms with Gasteiger partial charge in [-0.05, 0) is 48.8 Å². The number of carboxylic acids is 3. The zero-order chi connectivity index (χ0) is 44.3. The summed E-state index contributed by atoms with van der Waals surface area (Å²) in [5.41, 5.74) is 11.1. The Hall–Kier alpha value is -6.32. The molecule has 0 bridgehead atoms. The Morgan fingerprint density at radius 3 is 1.41 bits per heavy atom. The molecule has 0 aliphatic rings. The Bertz CT molecular complexity index is 1650. The highest BCUT2D eigenvalue weighted by Crippen LogP contribution is 2.14. The number of phenols is 1. The number of nitrogens with two attached hydrogens (primary N) is 2. The molecule has 0 spiro atoms. The molecule has 0 aliphatic carbocycles. The number of hydrogen-bond donors (Lipinski definition) is 12. The molecule has 7 amide bonds. The second kappa shape index (κ2) is 24.3. The van der Waals surface area contributed by atoms with Gasteiger partial charge in [0.15, 0.2) is 0 Å². The van der Waals surface area contributed by atoms with Crippen molar-refractivity contribution >= 4 is 59.3 Å². The molecule has 0 aliphatic heterocycles. The molecule has 1 aromatic rings. The minimum atomic E-state index is -1.95. The first-order valence-electron chi connectivity index (χ1n) is 18.3. The average molecular weight is 823 g/mol. The molecule has 0 saturated carbocycles. The minimum absolute atomic E-state index is 0.0974. The van der Waals surface area contributed by atoms with Crippen LogP contribution in [0.5, 0.6) is 5.75 Å². The molecule has 0 aromatic heterocycles. The zero-order valence-electron chi connectivity index (χ0n) is 32.6. The number of rotatable bonds is 26. The average Bonchev–Trinajstić information content (AvgIpc) is 3.11. The number of hydrogen-bond acceptors (Lipinski definition) is 12. The Labute approximate surface area is 333 Å². The van der Waals surface area contributed by atoms with E-state index < -0.39 is 128 Å². The maximum absolute atomic E-state index is 13.8. The van der Waals surface area contributed by atoms with Crippen LogP contribution in [0, 0.1) is 11.8 Å². The van der Waals surface area contributed by atoms with Crippen molar-refractivity contribution in [3.8, 4) is 5.75 Å². The zero-order valence-corrected chi connectivity index (χ0v) is 32.6. The van der Waals surface area contributed by atoms with Crippen LogP contribution in [0.1, 0.15) is 71.8 Å². The molecule has 0 heterocycles. The fourth-order valence-electron chi connectivity index (χ4n) is 5.42.